The zero-order chi connectivity index (χ0) is 5.86. The molecule has 0 saturated heterocycles. The van der Waals surface area contributed by atoms with Crippen LogP contribution >= 0.6 is 0 Å². The minimum absolute atomic E-state index is 0.377. The Morgan fingerprint density at radius 1 is 2.00 bits per heavy atom. The third-order valence-electron chi connectivity index (χ3n) is 0.354. The number of allylic oxidation sites excluding steroid dienone is 2. The minimum atomic E-state index is 0.377. The van der Waals surface area contributed by atoms with Crippen LogP contribution < -0.4 is 0 Å². The molecule has 0 radical (unpaired) electrons. The van der Waals surface area contributed by atoms with Crippen molar-refractivity contribution in [3.05, 3.63) is 12.1 Å². The van der Waals surface area contributed by atoms with Crippen LogP contribution in [0.1, 0.15) is 23.0 Å². The van der Waals surface area contributed by atoms with E-state index in [2.05, 4.69) is 0 Å². The molecule has 0 rings (SSSR count). The van der Waals surface area contributed by atoms with Crippen molar-refractivity contribution in [3.8, 4) is 0 Å². The van der Waals surface area contributed by atoms with Crippen LogP contribution in [-0.4, -0.2) is 0 Å². The lowest BCUT2D eigenvalue weighted by atomic mass is 10.4. The Balaban J connectivity index is 3.72. The summed E-state index contributed by atoms with van der Waals surface area (Å²) in [4.78, 5) is 0. The Labute approximate surface area is 36.3 Å². The van der Waals surface area contributed by atoms with Gasteiger partial charge in [-0.3, -0.25) is 0 Å². The van der Waals surface area contributed by atoms with Gasteiger partial charge in [-0.05, 0) is 13.3 Å². The molecule has 0 aromatic rings. The molecule has 0 unspecified atom stereocenters. The highest BCUT2D eigenvalue weighted by molar-refractivity contribution is 4.73. The predicted octanol–water partition coefficient (Wildman–Crippen LogP) is 1.97. The van der Waals surface area contributed by atoms with Crippen LogP contribution in [0.2, 0.25) is 0 Å². The van der Waals surface area contributed by atoms with Crippen LogP contribution in [0.5, 0.6) is 0 Å². The summed E-state index contributed by atoms with van der Waals surface area (Å²) >= 11 is 0. The SMILES string of the molecule is [2H]/C(C)=C(\[2H])CC. The summed E-state index contributed by atoms with van der Waals surface area (Å²) in [5.41, 5.74) is 0. The summed E-state index contributed by atoms with van der Waals surface area (Å²) in [6.45, 7) is 3.51. The van der Waals surface area contributed by atoms with Gasteiger partial charge in [-0.2, -0.15) is 0 Å². The van der Waals surface area contributed by atoms with Gasteiger partial charge in [0.15, 0.2) is 0 Å². The van der Waals surface area contributed by atoms with Gasteiger partial charge in [-0.25, -0.2) is 0 Å². The second-order valence-corrected chi connectivity index (χ2v) is 0.780. The molecule has 0 amide bonds. The molecule has 0 heterocycles. The highest BCUT2D eigenvalue weighted by Gasteiger charge is 1.52. The highest BCUT2D eigenvalue weighted by Crippen LogP contribution is 1.73. The lowest BCUT2D eigenvalue weighted by molar-refractivity contribution is 1.22. The molecule has 0 spiro atoms. The van der Waals surface area contributed by atoms with Crippen molar-refractivity contribution in [1.82, 2.24) is 0 Å². The molecule has 0 bridgehead atoms. The molecule has 0 atom stereocenters. The molecular weight excluding hydrogens is 60.1 g/mol. The van der Waals surface area contributed by atoms with Gasteiger partial charge in [-0.15, -0.1) is 0 Å². The Morgan fingerprint density at radius 3 is 2.60 bits per heavy atom. The molecule has 30 valence electrons. The van der Waals surface area contributed by atoms with E-state index in [9.17, 15) is 0 Å². The fourth-order valence-electron chi connectivity index (χ4n) is 0.177. The average molecular weight is 72.1 g/mol. The standard InChI is InChI=1S/C5H10/c1-3-5-4-2/h3,5H,4H2,1-2H3/b5-3-/i3D,5D. The quantitative estimate of drug-likeness (QED) is 0.415. The van der Waals surface area contributed by atoms with Crippen molar-refractivity contribution in [2.75, 3.05) is 0 Å². The van der Waals surface area contributed by atoms with Gasteiger partial charge in [0.2, 0.25) is 0 Å². The van der Waals surface area contributed by atoms with Crippen molar-refractivity contribution in [3.63, 3.8) is 0 Å². The van der Waals surface area contributed by atoms with E-state index >= 15 is 0 Å². The first-order chi connectivity index (χ1) is 3.18. The van der Waals surface area contributed by atoms with Crippen LogP contribution in [0.25, 0.3) is 0 Å². The summed E-state index contributed by atoms with van der Waals surface area (Å²) in [6, 6.07) is 0.808. The van der Waals surface area contributed by atoms with Gasteiger partial charge in [-0.1, -0.05) is 19.0 Å². The first-order valence-electron chi connectivity index (χ1n) is 2.81. The van der Waals surface area contributed by atoms with E-state index in [1.165, 1.54) is 0 Å². The van der Waals surface area contributed by atoms with Crippen molar-refractivity contribution < 1.29 is 2.74 Å². The first kappa shape index (κ1) is 2.01. The third kappa shape index (κ3) is 3.74. The number of hydrogen-bond donors (Lipinski definition) is 0. The summed E-state index contributed by atoms with van der Waals surface area (Å²) in [6.07, 6.45) is 0.676. The largest absolute Gasteiger partial charge is 0.0917 e. The van der Waals surface area contributed by atoms with Crippen LogP contribution in [-0.2, 0) is 0 Å². The van der Waals surface area contributed by atoms with Crippen molar-refractivity contribution in [1.29, 1.82) is 0 Å². The van der Waals surface area contributed by atoms with E-state index in [4.69, 9.17) is 2.74 Å². The van der Waals surface area contributed by atoms with Crippen LogP contribution in [0.15, 0.2) is 12.1 Å². The molecule has 0 nitrogen and oxygen atoms in total. The first-order valence-corrected chi connectivity index (χ1v) is 1.81. The van der Waals surface area contributed by atoms with Gasteiger partial charge < -0.3 is 0 Å². The second-order valence-electron chi connectivity index (χ2n) is 0.780. The number of rotatable bonds is 1. The molecule has 0 aliphatic heterocycles. The smallest absolute Gasteiger partial charge is 0.0572 e. The Bertz CT molecular complexity index is 80.1. The van der Waals surface area contributed by atoms with Crippen LogP contribution in [0.4, 0.5) is 0 Å². The summed E-state index contributed by atoms with van der Waals surface area (Å²) < 4.78 is 13.8. The minimum Gasteiger partial charge on any atom is -0.0917 e. The Hall–Kier alpha value is -0.260. The Morgan fingerprint density at radius 2 is 2.60 bits per heavy atom. The fraction of sp³-hybridized carbons (Fsp3) is 0.600. The molecule has 0 aromatic carbocycles. The maximum Gasteiger partial charge on any atom is 0.0572 e. The monoisotopic (exact) mass is 72.1 g/mol. The summed E-state index contributed by atoms with van der Waals surface area (Å²) in [5, 5.41) is 0. The molecule has 0 N–H and O–H groups in total. The van der Waals surface area contributed by atoms with E-state index in [1.54, 1.807) is 6.92 Å². The highest BCUT2D eigenvalue weighted by atomic mass is 13.6. The zero-order valence-electron chi connectivity index (χ0n) is 5.71. The van der Waals surface area contributed by atoms with Crippen molar-refractivity contribution in [2.45, 2.75) is 20.3 Å². The molecule has 0 heteroatoms. The lowest BCUT2D eigenvalue weighted by Gasteiger charge is -1.65. The zero-order valence-corrected chi connectivity index (χ0v) is 3.71. The molecule has 5 heavy (non-hydrogen) atoms. The average Bonchev–Trinajstić information content (AvgIpc) is 1.65. The molecule has 0 fully saturated rings. The topological polar surface area (TPSA) is 0 Å². The van der Waals surface area contributed by atoms with Gasteiger partial charge in [0.05, 0.1) is 2.74 Å². The van der Waals surface area contributed by atoms with Crippen molar-refractivity contribution in [2.24, 2.45) is 0 Å². The summed E-state index contributed by atoms with van der Waals surface area (Å²) in [7, 11) is 0. The second kappa shape index (κ2) is 3.74. The van der Waals surface area contributed by atoms with E-state index < -0.39 is 0 Å². The number of hydrogen-bond acceptors (Lipinski definition) is 0. The van der Waals surface area contributed by atoms with E-state index in [-0.39, 0.29) is 0 Å². The van der Waals surface area contributed by atoms with Crippen molar-refractivity contribution >= 4 is 0 Å². The maximum absolute atomic E-state index is 6.97. The van der Waals surface area contributed by atoms with E-state index in [0.717, 1.165) is 0 Å². The predicted molar refractivity (Wildman–Crippen MR) is 25.1 cm³/mol. The van der Waals surface area contributed by atoms with Crippen LogP contribution in [0, 0.1) is 0 Å². The summed E-state index contributed by atoms with van der Waals surface area (Å²) in [5.74, 6) is 0. The van der Waals surface area contributed by atoms with Gasteiger partial charge in [0.1, 0.15) is 0 Å². The maximum atomic E-state index is 6.97. The van der Waals surface area contributed by atoms with Gasteiger partial charge in [0, 0.05) is 0 Å². The third-order valence-corrected chi connectivity index (χ3v) is 0.354. The van der Waals surface area contributed by atoms with E-state index in [0.29, 0.717) is 18.5 Å². The van der Waals surface area contributed by atoms with Crippen LogP contribution in [0.3, 0.4) is 0 Å². The molecule has 0 aliphatic carbocycles. The molecule has 0 aromatic heterocycles. The lowest BCUT2D eigenvalue weighted by Crippen LogP contribution is -1.43. The fourth-order valence-corrected chi connectivity index (χ4v) is 0.177. The molecular formula is C5H10. The normalized spacial score (nSPS) is 19.6. The van der Waals surface area contributed by atoms with Gasteiger partial charge in [0.25, 0.3) is 0 Å². The molecule has 0 saturated carbocycles. The molecule has 0 aliphatic rings. The van der Waals surface area contributed by atoms with E-state index in [1.807, 2.05) is 6.92 Å². The Kier molecular flexibility index (Phi) is 1.51. The van der Waals surface area contributed by atoms with Gasteiger partial charge >= 0.3 is 0 Å².